The fourth-order valence-corrected chi connectivity index (χ4v) is 7.55. The van der Waals surface area contributed by atoms with Crippen LogP contribution in [0, 0.1) is 25.5 Å². The highest BCUT2D eigenvalue weighted by atomic mass is 35.5. The highest BCUT2D eigenvalue weighted by Crippen LogP contribution is 2.36. The van der Waals surface area contributed by atoms with Crippen molar-refractivity contribution in [3.8, 4) is 11.5 Å². The molecule has 16 nitrogen and oxygen atoms in total. The van der Waals surface area contributed by atoms with Crippen LogP contribution in [0.3, 0.4) is 0 Å². The molecule has 3 aromatic heterocycles. The van der Waals surface area contributed by atoms with E-state index in [0.29, 0.717) is 65.8 Å². The van der Waals surface area contributed by atoms with Crippen molar-refractivity contribution in [3.05, 3.63) is 195 Å². The van der Waals surface area contributed by atoms with Crippen LogP contribution in [0.15, 0.2) is 128 Å². The molecule has 21 heteroatoms. The molecule has 0 saturated carbocycles. The van der Waals surface area contributed by atoms with Gasteiger partial charge in [-0.3, -0.25) is 19.6 Å². The number of imidazole rings is 1. The van der Waals surface area contributed by atoms with Crippen molar-refractivity contribution >= 4 is 71.0 Å². The molecular formula is C51H47Cl3F2N8O8. The lowest BCUT2D eigenvalue weighted by atomic mass is 9.97. The zero-order valence-electron chi connectivity index (χ0n) is 38.6. The standard InChI is InChI=1S/C24H21ClFN3O4.C16H14ClFN2O2.C11H11N3O2.ClH/c1-14-4-2-5-16(27-14)13-33-24(31)29-21-10-11-32-22-17(21)6-3-7-18(22)23(30)28-15-8-9-20(26)19(25)12-15;17-12-8-9(4-5-13(12)18)20-16(21)11-3-1-2-10-14(19)6-7-22-15(10)11;1-9-3-2-4-10(13-9)7-16-11(15)14-6-5-12-8-14;/h2-9,12,21H,10-11,13H2,1H3,(H,28,30)(H,29,31);1-5,8,14H,6-7,19H2,(H,20,21);2-6,8H,7H2,1H3;1H/t21-;14-;;/m00../s1. The summed E-state index contributed by atoms with van der Waals surface area (Å²) in [6.45, 7) is 4.75. The molecule has 72 heavy (non-hydrogen) atoms. The van der Waals surface area contributed by atoms with Gasteiger partial charge in [-0.2, -0.15) is 0 Å². The summed E-state index contributed by atoms with van der Waals surface area (Å²) in [5, 5.41) is 8.05. The molecule has 2 atom stereocenters. The zero-order chi connectivity index (χ0) is 50.4. The summed E-state index contributed by atoms with van der Waals surface area (Å²) in [6, 6.07) is 28.8. The van der Waals surface area contributed by atoms with Gasteiger partial charge in [0.1, 0.15) is 42.7 Å². The molecule has 0 radical (unpaired) electrons. The average molecular weight is 1040 g/mol. The van der Waals surface area contributed by atoms with Gasteiger partial charge in [-0.25, -0.2) is 27.9 Å². The number of benzene rings is 4. The number of aryl methyl sites for hydroxylation is 2. The number of hydrogen-bond acceptors (Lipinski definition) is 12. The minimum Gasteiger partial charge on any atom is -0.492 e. The number of rotatable bonds is 9. The molecule has 5 heterocycles. The number of pyridine rings is 2. The number of carbonyl (C=O) groups excluding carboxylic acids is 4. The first-order valence-electron chi connectivity index (χ1n) is 22.0. The second-order valence-corrected chi connectivity index (χ2v) is 16.6. The summed E-state index contributed by atoms with van der Waals surface area (Å²) < 4.78 is 49.5. The number of nitrogens with two attached hydrogens (primary N) is 1. The molecule has 0 aliphatic carbocycles. The Kier molecular flexibility index (Phi) is 19.0. The van der Waals surface area contributed by atoms with Crippen LogP contribution in [0.4, 0.5) is 29.7 Å². The van der Waals surface area contributed by atoms with E-state index in [1.165, 1.54) is 59.7 Å². The van der Waals surface area contributed by atoms with Gasteiger partial charge in [-0.05, 0) is 86.6 Å². The first kappa shape index (κ1) is 53.7. The number of hydrogen-bond donors (Lipinski definition) is 4. The van der Waals surface area contributed by atoms with E-state index < -0.39 is 29.7 Å². The van der Waals surface area contributed by atoms with Crippen molar-refractivity contribution in [1.82, 2.24) is 24.8 Å². The van der Waals surface area contributed by atoms with E-state index >= 15 is 0 Å². The fraction of sp³-hybridized carbons (Fsp3) is 0.196. The molecule has 3 amide bonds. The highest BCUT2D eigenvalue weighted by Gasteiger charge is 2.28. The van der Waals surface area contributed by atoms with Gasteiger partial charge in [0.15, 0.2) is 0 Å². The monoisotopic (exact) mass is 1040 g/mol. The maximum atomic E-state index is 13.4. The summed E-state index contributed by atoms with van der Waals surface area (Å²) in [5.74, 6) is -1.02. The molecule has 0 unspecified atom stereocenters. The van der Waals surface area contributed by atoms with E-state index in [1.54, 1.807) is 36.4 Å². The molecule has 5 N–H and O–H groups in total. The smallest absolute Gasteiger partial charge is 0.419 e. The number of fused-ring (bicyclic) bond motifs is 2. The van der Waals surface area contributed by atoms with Gasteiger partial charge in [0.05, 0.1) is 51.8 Å². The van der Waals surface area contributed by atoms with Crippen molar-refractivity contribution in [3.63, 3.8) is 0 Å². The second kappa shape index (κ2) is 25.5. The topological polar surface area (TPSA) is 211 Å². The number of para-hydroxylation sites is 2. The SMILES string of the molecule is Cc1cccc(COC(=O)N[C@H]2CCOc3c(C(=O)Nc4ccc(F)c(Cl)c4)cccc32)n1.Cc1cccc(COC(=O)n2ccnc2)n1.Cl.N[C@H]1CCOc2c(C(=O)Nc3ccc(F)c(Cl)c3)cccc21. The third kappa shape index (κ3) is 14.5. The van der Waals surface area contributed by atoms with Gasteiger partial charge in [-0.15, -0.1) is 12.4 Å². The number of nitrogens with zero attached hydrogens (tertiary/aromatic N) is 4. The highest BCUT2D eigenvalue weighted by molar-refractivity contribution is 6.31. The van der Waals surface area contributed by atoms with Crippen LogP contribution in [0.1, 0.15) is 79.5 Å². The molecule has 4 aromatic carbocycles. The Balaban J connectivity index is 0.000000188. The number of amides is 3. The molecule has 0 saturated heterocycles. The van der Waals surface area contributed by atoms with Crippen LogP contribution >= 0.6 is 35.6 Å². The normalized spacial score (nSPS) is 14.0. The molecule has 374 valence electrons. The molecular weight excluding hydrogens is 997 g/mol. The summed E-state index contributed by atoms with van der Waals surface area (Å²) in [6.07, 6.45) is 4.63. The third-order valence-electron chi connectivity index (χ3n) is 10.6. The van der Waals surface area contributed by atoms with Gasteiger partial charge in [0, 0.05) is 65.2 Å². The van der Waals surface area contributed by atoms with E-state index in [4.69, 9.17) is 47.9 Å². The Bertz CT molecular complexity index is 3040. The van der Waals surface area contributed by atoms with Crippen molar-refractivity contribution in [2.75, 3.05) is 23.8 Å². The van der Waals surface area contributed by atoms with Crippen molar-refractivity contribution in [2.45, 2.75) is 52.0 Å². The molecule has 0 spiro atoms. The summed E-state index contributed by atoms with van der Waals surface area (Å²) in [5.41, 5.74) is 12.1. The largest absolute Gasteiger partial charge is 0.492 e. The zero-order valence-corrected chi connectivity index (χ0v) is 40.9. The van der Waals surface area contributed by atoms with E-state index in [1.807, 2.05) is 50.2 Å². The van der Waals surface area contributed by atoms with Gasteiger partial charge in [0.2, 0.25) is 0 Å². The molecule has 7 aromatic rings. The summed E-state index contributed by atoms with van der Waals surface area (Å²) >= 11 is 11.5. The Labute approximate surface area is 428 Å². The molecule has 9 rings (SSSR count). The van der Waals surface area contributed by atoms with E-state index in [-0.39, 0.29) is 59.2 Å². The van der Waals surface area contributed by atoms with Crippen LogP contribution in [-0.2, 0) is 22.7 Å². The van der Waals surface area contributed by atoms with Crippen LogP contribution in [0.2, 0.25) is 10.0 Å². The van der Waals surface area contributed by atoms with Crippen LogP contribution in [0.25, 0.3) is 0 Å². The van der Waals surface area contributed by atoms with Gasteiger partial charge >= 0.3 is 12.2 Å². The Hall–Kier alpha value is -7.64. The van der Waals surface area contributed by atoms with E-state index in [0.717, 1.165) is 22.6 Å². The van der Waals surface area contributed by atoms with Gasteiger partial charge in [-0.1, -0.05) is 59.6 Å². The number of aromatic nitrogens is 4. The van der Waals surface area contributed by atoms with Crippen molar-refractivity contribution < 1.29 is 46.9 Å². The maximum Gasteiger partial charge on any atom is 0.419 e. The molecule has 0 bridgehead atoms. The predicted molar refractivity (Wildman–Crippen MR) is 268 cm³/mol. The Morgan fingerprint density at radius 2 is 1.22 bits per heavy atom. The second-order valence-electron chi connectivity index (χ2n) is 15.8. The number of halogens is 5. The minimum absolute atomic E-state index is 0. The van der Waals surface area contributed by atoms with Crippen LogP contribution in [0.5, 0.6) is 11.5 Å². The van der Waals surface area contributed by atoms with E-state index in [2.05, 4.69) is 30.9 Å². The number of alkyl carbamates (subject to hydrolysis) is 1. The van der Waals surface area contributed by atoms with Gasteiger partial charge < -0.3 is 40.6 Å². The van der Waals surface area contributed by atoms with Gasteiger partial charge in [0.25, 0.3) is 11.8 Å². The predicted octanol–water partition coefficient (Wildman–Crippen LogP) is 10.9. The molecule has 0 fully saturated rings. The average Bonchev–Trinajstić information content (AvgIpc) is 3.91. The third-order valence-corrected chi connectivity index (χ3v) is 11.2. The van der Waals surface area contributed by atoms with Crippen molar-refractivity contribution in [2.24, 2.45) is 5.73 Å². The van der Waals surface area contributed by atoms with Crippen LogP contribution < -0.4 is 31.2 Å². The van der Waals surface area contributed by atoms with Crippen LogP contribution in [-0.4, -0.2) is 56.7 Å². The van der Waals surface area contributed by atoms with Crippen molar-refractivity contribution in [1.29, 1.82) is 0 Å². The number of ether oxygens (including phenoxy) is 4. The van der Waals surface area contributed by atoms with E-state index in [9.17, 15) is 28.0 Å². The summed E-state index contributed by atoms with van der Waals surface area (Å²) in [7, 11) is 0. The quantitative estimate of drug-likeness (QED) is 0.106. The maximum absolute atomic E-state index is 13.4. The first-order chi connectivity index (χ1) is 34.2. The summed E-state index contributed by atoms with van der Waals surface area (Å²) in [4.78, 5) is 61.4. The number of anilines is 2. The molecule has 2 aliphatic rings. The minimum atomic E-state index is -0.591. The Morgan fingerprint density at radius 1 is 0.708 bits per heavy atom. The number of nitrogens with one attached hydrogen (secondary N) is 3. The fourth-order valence-electron chi connectivity index (χ4n) is 7.19. The number of carbonyl (C=O) groups is 4. The Morgan fingerprint density at radius 3 is 1.75 bits per heavy atom. The lowest BCUT2D eigenvalue weighted by molar-refractivity contribution is 0.101. The lowest BCUT2D eigenvalue weighted by Gasteiger charge is -2.27. The lowest BCUT2D eigenvalue weighted by Crippen LogP contribution is -2.33. The molecule has 2 aliphatic heterocycles. The first-order valence-corrected chi connectivity index (χ1v) is 22.7.